The molecule has 3 amide bonds. The highest BCUT2D eigenvalue weighted by Gasteiger charge is 2.54. The van der Waals surface area contributed by atoms with E-state index in [9.17, 15) is 14.4 Å². The van der Waals surface area contributed by atoms with Crippen LogP contribution in [0.3, 0.4) is 0 Å². The molecule has 7 heteroatoms. The van der Waals surface area contributed by atoms with Crippen LogP contribution in [0, 0.1) is 30.1 Å². The van der Waals surface area contributed by atoms with Crippen LogP contribution in [-0.4, -0.2) is 17.7 Å². The molecule has 4 fully saturated rings. The molecule has 0 saturated heterocycles. The number of halogens is 1. The van der Waals surface area contributed by atoms with E-state index < -0.39 is 11.8 Å². The van der Waals surface area contributed by atoms with E-state index in [4.69, 9.17) is 11.6 Å². The van der Waals surface area contributed by atoms with Crippen molar-refractivity contribution < 1.29 is 14.4 Å². The Labute approximate surface area is 163 Å². The smallest absolute Gasteiger partial charge is 0.317 e. The lowest BCUT2D eigenvalue weighted by Crippen LogP contribution is -2.57. The molecule has 0 heterocycles. The maximum Gasteiger partial charge on any atom is 0.328 e. The monoisotopic (exact) mass is 389 g/mol. The van der Waals surface area contributed by atoms with Crippen LogP contribution < -0.4 is 16.2 Å². The minimum absolute atomic E-state index is 0.151. The van der Waals surface area contributed by atoms with Gasteiger partial charge in [0, 0.05) is 10.7 Å². The molecule has 4 bridgehead atoms. The Hall–Kier alpha value is -2.08. The molecule has 0 spiro atoms. The van der Waals surface area contributed by atoms with Gasteiger partial charge in [-0.3, -0.25) is 25.2 Å². The SMILES string of the molecule is Cc1c(Cl)cccc1NC(=O)C(=O)NNC(=O)C12CC3CC(CC(C3)C1)C2. The Morgan fingerprint density at radius 3 is 2.15 bits per heavy atom. The van der Waals surface area contributed by atoms with Gasteiger partial charge in [0.2, 0.25) is 5.91 Å². The molecule has 5 rings (SSSR count). The van der Waals surface area contributed by atoms with Gasteiger partial charge >= 0.3 is 11.8 Å². The van der Waals surface area contributed by atoms with Crippen LogP contribution in [0.15, 0.2) is 18.2 Å². The minimum Gasteiger partial charge on any atom is -0.317 e. The van der Waals surface area contributed by atoms with Crippen LogP contribution in [-0.2, 0) is 14.4 Å². The van der Waals surface area contributed by atoms with E-state index in [1.165, 1.54) is 19.3 Å². The maximum absolute atomic E-state index is 12.8. The van der Waals surface area contributed by atoms with Gasteiger partial charge in [-0.2, -0.15) is 0 Å². The zero-order valence-corrected chi connectivity index (χ0v) is 16.1. The highest BCUT2D eigenvalue weighted by Crippen LogP contribution is 2.60. The number of benzene rings is 1. The molecule has 0 unspecified atom stereocenters. The number of anilines is 1. The predicted octanol–water partition coefficient (Wildman–Crippen LogP) is 2.95. The fourth-order valence-electron chi connectivity index (χ4n) is 5.61. The topological polar surface area (TPSA) is 87.3 Å². The Kier molecular flexibility index (Phi) is 4.62. The van der Waals surface area contributed by atoms with Crippen molar-refractivity contribution in [1.82, 2.24) is 10.9 Å². The first-order chi connectivity index (χ1) is 12.9. The highest BCUT2D eigenvalue weighted by molar-refractivity contribution is 6.40. The Bertz CT molecular complexity index is 772. The predicted molar refractivity (Wildman–Crippen MR) is 102 cm³/mol. The summed E-state index contributed by atoms with van der Waals surface area (Å²) in [6.45, 7) is 1.75. The largest absolute Gasteiger partial charge is 0.328 e. The zero-order valence-electron chi connectivity index (χ0n) is 15.3. The van der Waals surface area contributed by atoms with Crippen LogP contribution in [0.1, 0.15) is 44.1 Å². The second kappa shape index (κ2) is 6.82. The van der Waals surface area contributed by atoms with Gasteiger partial charge in [0.05, 0.1) is 5.41 Å². The molecular weight excluding hydrogens is 366 g/mol. The summed E-state index contributed by atoms with van der Waals surface area (Å²) in [4.78, 5) is 37.0. The van der Waals surface area contributed by atoms with Crippen LogP contribution in [0.25, 0.3) is 0 Å². The second-order valence-corrected chi connectivity index (χ2v) is 8.88. The maximum atomic E-state index is 12.8. The van der Waals surface area contributed by atoms with E-state index in [-0.39, 0.29) is 11.3 Å². The molecule has 4 saturated carbocycles. The number of hydrogen-bond donors (Lipinski definition) is 3. The number of carbonyl (C=O) groups excluding carboxylic acids is 3. The number of hydrogen-bond acceptors (Lipinski definition) is 3. The van der Waals surface area contributed by atoms with Gasteiger partial charge in [-0.15, -0.1) is 0 Å². The fraction of sp³-hybridized carbons (Fsp3) is 0.550. The lowest BCUT2D eigenvalue weighted by molar-refractivity contribution is -0.149. The van der Waals surface area contributed by atoms with Crippen molar-refractivity contribution in [2.45, 2.75) is 45.4 Å². The van der Waals surface area contributed by atoms with Gasteiger partial charge in [0.1, 0.15) is 0 Å². The molecule has 144 valence electrons. The number of hydrazine groups is 1. The standard InChI is InChI=1S/C20H24ClN3O3/c1-11-15(21)3-2-4-16(11)22-17(25)18(26)23-24-19(27)20-8-12-5-13(9-20)7-14(6-12)10-20/h2-4,12-14H,5-10H2,1H3,(H,22,25)(H,23,26)(H,24,27). The van der Waals surface area contributed by atoms with Crippen LogP contribution >= 0.6 is 11.6 Å². The molecule has 4 aliphatic rings. The molecule has 27 heavy (non-hydrogen) atoms. The summed E-state index contributed by atoms with van der Waals surface area (Å²) in [6.07, 6.45) is 6.40. The zero-order chi connectivity index (χ0) is 19.2. The molecular formula is C20H24ClN3O3. The quantitative estimate of drug-likeness (QED) is 0.536. The molecule has 0 atom stereocenters. The third kappa shape index (κ3) is 3.43. The van der Waals surface area contributed by atoms with Crippen LogP contribution in [0.5, 0.6) is 0 Å². The van der Waals surface area contributed by atoms with Gasteiger partial charge < -0.3 is 5.32 Å². The van der Waals surface area contributed by atoms with Crippen molar-refractivity contribution >= 4 is 35.0 Å². The number of carbonyl (C=O) groups is 3. The summed E-state index contributed by atoms with van der Waals surface area (Å²) in [5, 5.41) is 3.03. The normalized spacial score (nSPS) is 30.7. The third-order valence-corrected chi connectivity index (χ3v) is 6.94. The van der Waals surface area contributed by atoms with Crippen molar-refractivity contribution in [2.24, 2.45) is 23.2 Å². The summed E-state index contributed by atoms with van der Waals surface area (Å²) < 4.78 is 0. The van der Waals surface area contributed by atoms with Crippen molar-refractivity contribution in [2.75, 3.05) is 5.32 Å². The lowest BCUT2D eigenvalue weighted by atomic mass is 9.49. The molecule has 0 aromatic heterocycles. The average Bonchev–Trinajstić information content (AvgIpc) is 2.62. The number of rotatable bonds is 2. The Morgan fingerprint density at radius 2 is 1.56 bits per heavy atom. The Morgan fingerprint density at radius 1 is 0.963 bits per heavy atom. The molecule has 0 aliphatic heterocycles. The van der Waals surface area contributed by atoms with Crippen LogP contribution in [0.4, 0.5) is 5.69 Å². The lowest BCUT2D eigenvalue weighted by Gasteiger charge is -2.55. The minimum atomic E-state index is -0.896. The number of nitrogens with one attached hydrogen (secondary N) is 3. The molecule has 3 N–H and O–H groups in total. The first-order valence-corrected chi connectivity index (χ1v) is 9.91. The molecule has 4 aliphatic carbocycles. The third-order valence-electron chi connectivity index (χ3n) is 6.53. The molecule has 1 aromatic rings. The van der Waals surface area contributed by atoms with Gasteiger partial charge in [0.25, 0.3) is 0 Å². The van der Waals surface area contributed by atoms with E-state index in [1.54, 1.807) is 25.1 Å². The van der Waals surface area contributed by atoms with Gasteiger partial charge in [-0.05, 0) is 80.9 Å². The summed E-state index contributed by atoms with van der Waals surface area (Å²) in [7, 11) is 0. The van der Waals surface area contributed by atoms with E-state index in [0.29, 0.717) is 34.0 Å². The number of amides is 3. The van der Waals surface area contributed by atoms with E-state index in [0.717, 1.165) is 19.3 Å². The summed E-state index contributed by atoms with van der Waals surface area (Å²) in [6, 6.07) is 5.07. The van der Waals surface area contributed by atoms with E-state index >= 15 is 0 Å². The van der Waals surface area contributed by atoms with Crippen molar-refractivity contribution in [3.8, 4) is 0 Å². The first-order valence-electron chi connectivity index (χ1n) is 9.53. The fourth-order valence-corrected chi connectivity index (χ4v) is 5.79. The van der Waals surface area contributed by atoms with Crippen LogP contribution in [0.2, 0.25) is 5.02 Å². The Balaban J connectivity index is 1.34. The second-order valence-electron chi connectivity index (χ2n) is 8.47. The molecule has 1 aromatic carbocycles. The van der Waals surface area contributed by atoms with Gasteiger partial charge in [-0.1, -0.05) is 17.7 Å². The van der Waals surface area contributed by atoms with Gasteiger partial charge in [0.15, 0.2) is 0 Å². The first kappa shape index (κ1) is 18.3. The highest BCUT2D eigenvalue weighted by atomic mass is 35.5. The summed E-state index contributed by atoms with van der Waals surface area (Å²) >= 11 is 6.02. The van der Waals surface area contributed by atoms with Crippen molar-refractivity contribution in [3.63, 3.8) is 0 Å². The van der Waals surface area contributed by atoms with E-state index in [1.807, 2.05) is 0 Å². The summed E-state index contributed by atoms with van der Waals surface area (Å²) in [5.74, 6) is 0.00531. The summed E-state index contributed by atoms with van der Waals surface area (Å²) in [5.41, 5.74) is 5.56. The van der Waals surface area contributed by atoms with E-state index in [2.05, 4.69) is 16.2 Å². The van der Waals surface area contributed by atoms with Crippen molar-refractivity contribution in [3.05, 3.63) is 28.8 Å². The molecule has 0 radical (unpaired) electrons. The van der Waals surface area contributed by atoms with Crippen molar-refractivity contribution in [1.29, 1.82) is 0 Å². The van der Waals surface area contributed by atoms with Gasteiger partial charge in [-0.25, -0.2) is 0 Å². The molecule has 6 nitrogen and oxygen atoms in total. The average molecular weight is 390 g/mol.